The summed E-state index contributed by atoms with van der Waals surface area (Å²) in [6, 6.07) is 3.42. The zero-order chi connectivity index (χ0) is 21.6. The lowest BCUT2D eigenvalue weighted by Crippen LogP contribution is -2.32. The van der Waals surface area contributed by atoms with Crippen LogP contribution in [0.4, 0.5) is 9.59 Å². The molecule has 3 amide bonds. The van der Waals surface area contributed by atoms with Crippen molar-refractivity contribution in [2.24, 2.45) is 5.92 Å². The Morgan fingerprint density at radius 3 is 2.24 bits per heavy atom. The molecule has 9 heteroatoms. The van der Waals surface area contributed by atoms with E-state index in [-0.39, 0.29) is 19.4 Å². The van der Waals surface area contributed by atoms with Gasteiger partial charge in [-0.05, 0) is 55.0 Å². The van der Waals surface area contributed by atoms with Gasteiger partial charge in [0.2, 0.25) is 0 Å². The highest BCUT2D eigenvalue weighted by molar-refractivity contribution is 6.01. The van der Waals surface area contributed by atoms with Gasteiger partial charge in [0.1, 0.15) is 12.4 Å². The van der Waals surface area contributed by atoms with Crippen LogP contribution in [0.1, 0.15) is 49.8 Å². The summed E-state index contributed by atoms with van der Waals surface area (Å²) >= 11 is 0. The van der Waals surface area contributed by atoms with Gasteiger partial charge in [0.25, 0.3) is 11.8 Å². The van der Waals surface area contributed by atoms with Crippen molar-refractivity contribution < 1.29 is 33.5 Å². The third kappa shape index (κ3) is 6.48. The fraction of sp³-hybridized carbons (Fsp3) is 0.500. The van der Waals surface area contributed by atoms with E-state index in [9.17, 15) is 19.2 Å². The van der Waals surface area contributed by atoms with Crippen LogP contribution in [0.5, 0.6) is 5.75 Å². The van der Waals surface area contributed by atoms with Gasteiger partial charge < -0.3 is 14.8 Å². The predicted octanol–water partition coefficient (Wildman–Crippen LogP) is 3.16. The van der Waals surface area contributed by atoms with Crippen LogP contribution in [0, 0.1) is 19.8 Å². The number of aryl methyl sites for hydroxylation is 2. The lowest BCUT2D eigenvalue weighted by Gasteiger charge is -2.15. The van der Waals surface area contributed by atoms with Gasteiger partial charge in [-0.3, -0.25) is 14.4 Å². The Morgan fingerprint density at radius 2 is 1.69 bits per heavy atom. The number of hydroxylamine groups is 2. The monoisotopic (exact) mass is 406 g/mol. The Hall–Kier alpha value is -3.10. The van der Waals surface area contributed by atoms with Gasteiger partial charge in [-0.2, -0.15) is 0 Å². The van der Waals surface area contributed by atoms with E-state index in [4.69, 9.17) is 9.47 Å². The maximum absolute atomic E-state index is 11.9. The summed E-state index contributed by atoms with van der Waals surface area (Å²) in [6.45, 7) is 8.08. The summed E-state index contributed by atoms with van der Waals surface area (Å²) in [4.78, 5) is 51.2. The van der Waals surface area contributed by atoms with Crippen LogP contribution in [-0.2, 0) is 25.8 Å². The van der Waals surface area contributed by atoms with Crippen LogP contribution in [0.15, 0.2) is 12.1 Å². The van der Waals surface area contributed by atoms with Crippen LogP contribution in [0.2, 0.25) is 0 Å². The van der Waals surface area contributed by atoms with Gasteiger partial charge in [0.05, 0.1) is 0 Å². The molecule has 1 aromatic rings. The maximum atomic E-state index is 11.9. The maximum Gasteiger partial charge on any atom is 0.534 e. The third-order valence-electron chi connectivity index (χ3n) is 4.23. The van der Waals surface area contributed by atoms with Crippen LogP contribution >= 0.6 is 0 Å². The van der Waals surface area contributed by atoms with Crippen LogP contribution in [0.25, 0.3) is 0 Å². The molecule has 1 heterocycles. The van der Waals surface area contributed by atoms with Crippen molar-refractivity contribution in [3.8, 4) is 5.75 Å². The molecule has 1 aliphatic rings. The predicted molar refractivity (Wildman–Crippen MR) is 102 cm³/mol. The van der Waals surface area contributed by atoms with Crippen LogP contribution < -0.4 is 10.1 Å². The molecule has 0 aromatic heterocycles. The van der Waals surface area contributed by atoms with E-state index < -0.39 is 24.1 Å². The summed E-state index contributed by atoms with van der Waals surface area (Å²) in [6.07, 6.45) is -0.791. The van der Waals surface area contributed by atoms with Gasteiger partial charge in [0.15, 0.2) is 0 Å². The highest BCUT2D eigenvalue weighted by atomic mass is 16.8. The van der Waals surface area contributed by atoms with Crippen LogP contribution in [0.3, 0.4) is 0 Å². The van der Waals surface area contributed by atoms with E-state index in [0.717, 1.165) is 6.42 Å². The number of hydrogen-bond acceptors (Lipinski definition) is 7. The molecule has 29 heavy (non-hydrogen) atoms. The molecule has 0 atom stereocenters. The summed E-state index contributed by atoms with van der Waals surface area (Å²) in [5, 5.41) is 3.13. The van der Waals surface area contributed by atoms with E-state index >= 15 is 0 Å². The summed E-state index contributed by atoms with van der Waals surface area (Å²) in [7, 11) is 0. The standard InChI is InChI=1S/C20H26N2O7/c1-12(2)7-8-21-19(25)28-18-13(3)9-15(10-14(18)4)11-27-20(26)29-22-16(23)5-6-17(22)24/h9-10,12H,5-8,11H2,1-4H3,(H,21,25). The lowest BCUT2D eigenvalue weighted by atomic mass is 10.1. The second-order valence-corrected chi connectivity index (χ2v) is 7.27. The molecular weight excluding hydrogens is 380 g/mol. The number of rotatable bonds is 7. The first-order chi connectivity index (χ1) is 13.7. The van der Waals surface area contributed by atoms with Gasteiger partial charge in [-0.25, -0.2) is 9.59 Å². The molecule has 1 aliphatic heterocycles. The van der Waals surface area contributed by atoms with E-state index in [1.54, 1.807) is 26.0 Å². The average molecular weight is 406 g/mol. The average Bonchev–Trinajstić information content (AvgIpc) is 2.94. The number of benzene rings is 1. The molecule has 1 saturated heterocycles. The Kier molecular flexibility index (Phi) is 7.58. The van der Waals surface area contributed by atoms with Crippen molar-refractivity contribution in [2.45, 2.75) is 53.6 Å². The summed E-state index contributed by atoms with van der Waals surface area (Å²) in [5.74, 6) is -0.239. The number of hydrogen-bond donors (Lipinski definition) is 1. The fourth-order valence-electron chi connectivity index (χ4n) is 2.78. The van der Waals surface area contributed by atoms with Crippen molar-refractivity contribution in [3.63, 3.8) is 0 Å². The molecular formula is C20H26N2O7. The quantitative estimate of drug-likeness (QED) is 0.547. The second-order valence-electron chi connectivity index (χ2n) is 7.27. The first-order valence-corrected chi connectivity index (χ1v) is 9.43. The molecule has 0 saturated carbocycles. The Bertz CT molecular complexity index is 765. The molecule has 158 valence electrons. The van der Waals surface area contributed by atoms with Crippen molar-refractivity contribution in [1.82, 2.24) is 10.4 Å². The number of amides is 3. The van der Waals surface area contributed by atoms with Crippen LogP contribution in [-0.4, -0.2) is 35.7 Å². The number of ether oxygens (including phenoxy) is 2. The Labute approximate surface area is 169 Å². The first kappa shape index (κ1) is 22.2. The Balaban J connectivity index is 1.89. The minimum Gasteiger partial charge on any atom is -0.428 e. The highest BCUT2D eigenvalue weighted by Gasteiger charge is 2.33. The molecule has 0 bridgehead atoms. The molecule has 0 unspecified atom stereocenters. The molecule has 1 aromatic carbocycles. The first-order valence-electron chi connectivity index (χ1n) is 9.43. The normalized spacial score (nSPS) is 13.6. The minimum absolute atomic E-state index is 0.0109. The molecule has 1 fully saturated rings. The molecule has 9 nitrogen and oxygen atoms in total. The summed E-state index contributed by atoms with van der Waals surface area (Å²) in [5.41, 5.74) is 2.03. The van der Waals surface area contributed by atoms with E-state index in [1.807, 2.05) is 0 Å². The molecule has 0 aliphatic carbocycles. The smallest absolute Gasteiger partial charge is 0.428 e. The van der Waals surface area contributed by atoms with E-state index in [1.165, 1.54) is 0 Å². The highest BCUT2D eigenvalue weighted by Crippen LogP contribution is 2.25. The zero-order valence-corrected chi connectivity index (χ0v) is 17.1. The molecule has 1 N–H and O–H groups in total. The topological polar surface area (TPSA) is 111 Å². The van der Waals surface area contributed by atoms with Gasteiger partial charge in [0, 0.05) is 19.4 Å². The molecule has 0 radical (unpaired) electrons. The fourth-order valence-corrected chi connectivity index (χ4v) is 2.78. The number of carbonyl (C=O) groups excluding carboxylic acids is 4. The van der Waals surface area contributed by atoms with Gasteiger partial charge in [-0.1, -0.05) is 18.9 Å². The van der Waals surface area contributed by atoms with Crippen molar-refractivity contribution in [3.05, 3.63) is 28.8 Å². The molecule has 0 spiro atoms. The zero-order valence-electron chi connectivity index (χ0n) is 17.1. The Morgan fingerprint density at radius 1 is 1.10 bits per heavy atom. The number of carbonyl (C=O) groups is 4. The van der Waals surface area contributed by atoms with E-state index in [0.29, 0.717) is 40.0 Å². The number of imide groups is 1. The lowest BCUT2D eigenvalue weighted by molar-refractivity contribution is -0.177. The SMILES string of the molecule is Cc1cc(COC(=O)ON2C(=O)CCC2=O)cc(C)c1OC(=O)NCCC(C)C. The number of nitrogens with one attached hydrogen (secondary N) is 1. The molecule has 2 rings (SSSR count). The van der Waals surface area contributed by atoms with Crippen molar-refractivity contribution in [2.75, 3.05) is 6.54 Å². The summed E-state index contributed by atoms with van der Waals surface area (Å²) < 4.78 is 10.4. The largest absolute Gasteiger partial charge is 0.534 e. The van der Waals surface area contributed by atoms with Crippen molar-refractivity contribution >= 4 is 24.1 Å². The number of nitrogens with zero attached hydrogens (tertiary/aromatic N) is 1. The van der Waals surface area contributed by atoms with E-state index in [2.05, 4.69) is 24.0 Å². The third-order valence-corrected chi connectivity index (χ3v) is 4.23. The van der Waals surface area contributed by atoms with Gasteiger partial charge >= 0.3 is 12.2 Å². The van der Waals surface area contributed by atoms with Gasteiger partial charge in [-0.15, -0.1) is 0 Å². The second kappa shape index (κ2) is 9.90. The van der Waals surface area contributed by atoms with Crippen molar-refractivity contribution in [1.29, 1.82) is 0 Å². The minimum atomic E-state index is -1.14.